The Balaban J connectivity index is 1.78. The van der Waals surface area contributed by atoms with Gasteiger partial charge >= 0.3 is 6.36 Å². The van der Waals surface area contributed by atoms with Gasteiger partial charge in [-0.15, -0.1) is 13.2 Å². The van der Waals surface area contributed by atoms with Crippen LogP contribution in [0.5, 0.6) is 5.75 Å². The van der Waals surface area contributed by atoms with E-state index in [-0.39, 0.29) is 35.0 Å². The van der Waals surface area contributed by atoms with E-state index in [1.165, 1.54) is 17.0 Å². The van der Waals surface area contributed by atoms with Crippen LogP contribution in [-0.2, 0) is 6.54 Å². The largest absolute Gasteiger partial charge is 0.573 e. The van der Waals surface area contributed by atoms with Crippen molar-refractivity contribution in [2.75, 3.05) is 13.1 Å². The molecule has 1 unspecified atom stereocenters. The normalized spacial score (nSPS) is 18.1. The van der Waals surface area contributed by atoms with Crippen LogP contribution in [0.4, 0.5) is 13.2 Å². The van der Waals surface area contributed by atoms with Gasteiger partial charge in [-0.25, -0.2) is 4.98 Å². The Hall–Kier alpha value is -3.98. The number of ether oxygens (including phenoxy) is 1. The predicted molar refractivity (Wildman–Crippen MR) is 113 cm³/mol. The number of pyridine rings is 1. The van der Waals surface area contributed by atoms with E-state index < -0.39 is 23.0 Å². The summed E-state index contributed by atoms with van der Waals surface area (Å²) in [6.45, 7) is 0.975. The minimum absolute atomic E-state index is 0.0560. The zero-order valence-electron chi connectivity index (χ0n) is 17.3. The van der Waals surface area contributed by atoms with Crippen LogP contribution in [0.2, 0.25) is 5.15 Å². The molecule has 0 spiro atoms. The molecule has 0 radical (unpaired) electrons. The van der Waals surface area contributed by atoms with Gasteiger partial charge in [0.05, 0.1) is 16.6 Å². The maximum Gasteiger partial charge on any atom is 0.573 e. The number of nitriles is 1. The third-order valence-corrected chi connectivity index (χ3v) is 5.66. The first-order valence-corrected chi connectivity index (χ1v) is 10.2. The molecule has 34 heavy (non-hydrogen) atoms. The van der Waals surface area contributed by atoms with E-state index >= 15 is 0 Å². The summed E-state index contributed by atoms with van der Waals surface area (Å²) in [5.41, 5.74) is 6.87. The molecule has 1 aromatic carbocycles. The lowest BCUT2D eigenvalue weighted by Crippen LogP contribution is -2.37. The number of alkyl halides is 3. The van der Waals surface area contributed by atoms with Crippen molar-refractivity contribution in [2.24, 2.45) is 5.73 Å². The van der Waals surface area contributed by atoms with Crippen molar-refractivity contribution >= 4 is 11.6 Å². The summed E-state index contributed by atoms with van der Waals surface area (Å²) in [6.07, 6.45) is -3.33. The maximum absolute atomic E-state index is 12.5. The molecule has 13 heteroatoms. The van der Waals surface area contributed by atoms with Crippen molar-refractivity contribution in [1.82, 2.24) is 14.8 Å². The summed E-state index contributed by atoms with van der Waals surface area (Å²) in [4.78, 5) is 19.0. The highest BCUT2D eigenvalue weighted by Gasteiger charge is 2.47. The van der Waals surface area contributed by atoms with Crippen molar-refractivity contribution < 1.29 is 22.8 Å². The minimum Gasteiger partial charge on any atom is -0.406 e. The molecule has 0 saturated carbocycles. The van der Waals surface area contributed by atoms with Crippen molar-refractivity contribution in [3.05, 3.63) is 91.9 Å². The van der Waals surface area contributed by atoms with Crippen LogP contribution < -0.4 is 10.5 Å². The summed E-state index contributed by atoms with van der Waals surface area (Å²) in [6, 6.07) is 9.85. The summed E-state index contributed by atoms with van der Waals surface area (Å²) in [5.74, 6) is -1.40. The topological polar surface area (TPSA) is 122 Å². The van der Waals surface area contributed by atoms with Crippen LogP contribution >= 0.6 is 11.6 Å². The Morgan fingerprint density at radius 2 is 1.97 bits per heavy atom. The fourth-order valence-electron chi connectivity index (χ4n) is 4.07. The number of rotatable bonds is 5. The number of benzene rings is 1. The fraction of sp³-hybridized carbons (Fsp3) is 0.238. The third-order valence-electron chi connectivity index (χ3n) is 5.43. The Morgan fingerprint density at radius 1 is 1.26 bits per heavy atom. The molecule has 2 aromatic rings. The van der Waals surface area contributed by atoms with Crippen molar-refractivity contribution in [1.29, 1.82) is 5.26 Å². The molecule has 2 N–H and O–H groups in total. The number of nitro groups is 1. The van der Waals surface area contributed by atoms with Crippen LogP contribution in [-0.4, -0.2) is 39.2 Å². The number of hydrogen-bond acceptors (Lipinski definition) is 8. The highest BCUT2D eigenvalue weighted by Crippen LogP contribution is 2.44. The van der Waals surface area contributed by atoms with Gasteiger partial charge in [0.25, 0.3) is 5.70 Å². The average Bonchev–Trinajstić information content (AvgIpc) is 3.18. The lowest BCUT2D eigenvalue weighted by atomic mass is 9.86. The van der Waals surface area contributed by atoms with Crippen LogP contribution in [0.15, 0.2) is 65.5 Å². The van der Waals surface area contributed by atoms with Crippen molar-refractivity contribution in [3.63, 3.8) is 0 Å². The summed E-state index contributed by atoms with van der Waals surface area (Å²) in [7, 11) is 0. The molecule has 2 aliphatic heterocycles. The third kappa shape index (κ3) is 4.42. The molecule has 0 aliphatic carbocycles. The van der Waals surface area contributed by atoms with Gasteiger partial charge < -0.3 is 20.3 Å². The summed E-state index contributed by atoms with van der Waals surface area (Å²) in [5, 5.41) is 22.3. The molecule has 3 heterocycles. The lowest BCUT2D eigenvalue weighted by molar-refractivity contribution is -0.432. The van der Waals surface area contributed by atoms with E-state index in [2.05, 4.69) is 9.72 Å². The number of nitrogens with zero attached hydrogens (tertiary/aromatic N) is 5. The minimum atomic E-state index is -4.89. The number of fused-ring (bicyclic) bond motifs is 1. The Labute approximate surface area is 196 Å². The number of hydrogen-bond donors (Lipinski definition) is 1. The van der Waals surface area contributed by atoms with Gasteiger partial charge in [-0.2, -0.15) is 5.26 Å². The van der Waals surface area contributed by atoms with Crippen LogP contribution in [0.3, 0.4) is 0 Å². The van der Waals surface area contributed by atoms with Gasteiger partial charge in [0.2, 0.25) is 0 Å². The van der Waals surface area contributed by atoms with E-state index in [1.54, 1.807) is 23.2 Å². The SMILES string of the molecule is N#CC1=C(N)N2CCN(Cc3ccc(Cl)nc3)C2=C([N+](=O)[O-])C1c1ccc(OC(F)(F)F)cc1. The highest BCUT2D eigenvalue weighted by molar-refractivity contribution is 6.29. The molecule has 1 atom stereocenters. The number of halogens is 4. The van der Waals surface area contributed by atoms with Crippen LogP contribution in [0, 0.1) is 21.4 Å². The molecular weight excluding hydrogens is 477 g/mol. The van der Waals surface area contributed by atoms with Gasteiger partial charge in [0, 0.05) is 25.8 Å². The number of nitrogens with two attached hydrogens (primary N) is 1. The molecule has 1 fully saturated rings. The highest BCUT2D eigenvalue weighted by atomic mass is 35.5. The van der Waals surface area contributed by atoms with E-state index in [0.717, 1.165) is 17.7 Å². The average molecular weight is 493 g/mol. The standard InChI is InChI=1S/C21H16ClF3N6O3/c22-16-6-1-12(10-28-16)11-29-7-8-30-19(27)15(9-26)17(18(20(29)30)31(32)33)13-2-4-14(5-3-13)34-21(23,24)25/h1-6,10,17H,7-8,11,27H2. The second kappa shape index (κ2) is 8.75. The predicted octanol–water partition coefficient (Wildman–Crippen LogP) is 3.69. The van der Waals surface area contributed by atoms with Gasteiger partial charge in [-0.05, 0) is 29.3 Å². The smallest absolute Gasteiger partial charge is 0.406 e. The quantitative estimate of drug-likeness (QED) is 0.381. The van der Waals surface area contributed by atoms with Gasteiger partial charge in [0.15, 0.2) is 5.82 Å². The molecule has 0 amide bonds. The zero-order valence-corrected chi connectivity index (χ0v) is 18.0. The Bertz CT molecular complexity index is 1220. The first-order chi connectivity index (χ1) is 16.1. The van der Waals surface area contributed by atoms with E-state index in [1.807, 2.05) is 6.07 Å². The molecule has 1 saturated heterocycles. The maximum atomic E-state index is 12.5. The number of aromatic nitrogens is 1. The molecule has 0 bridgehead atoms. The monoisotopic (exact) mass is 492 g/mol. The lowest BCUT2D eigenvalue weighted by Gasteiger charge is -2.32. The first kappa shape index (κ1) is 23.2. The van der Waals surface area contributed by atoms with Gasteiger partial charge in [0.1, 0.15) is 22.6 Å². The van der Waals surface area contributed by atoms with Gasteiger partial charge in [-0.3, -0.25) is 10.1 Å². The summed E-state index contributed by atoms with van der Waals surface area (Å²) < 4.78 is 41.4. The molecule has 1 aromatic heterocycles. The van der Waals surface area contributed by atoms with E-state index in [4.69, 9.17) is 17.3 Å². The second-order valence-corrected chi connectivity index (χ2v) is 7.88. The Morgan fingerprint density at radius 3 is 2.53 bits per heavy atom. The second-order valence-electron chi connectivity index (χ2n) is 7.49. The van der Waals surface area contributed by atoms with Crippen molar-refractivity contribution in [3.8, 4) is 11.8 Å². The molecule has 4 rings (SSSR count). The van der Waals surface area contributed by atoms with E-state index in [0.29, 0.717) is 18.2 Å². The molecule has 176 valence electrons. The Kier molecular flexibility index (Phi) is 5.97. The van der Waals surface area contributed by atoms with Crippen LogP contribution in [0.1, 0.15) is 17.0 Å². The van der Waals surface area contributed by atoms with Crippen molar-refractivity contribution in [2.45, 2.75) is 18.8 Å². The fourth-order valence-corrected chi connectivity index (χ4v) is 4.18. The van der Waals surface area contributed by atoms with Gasteiger partial charge in [-0.1, -0.05) is 29.8 Å². The number of allylic oxidation sites excluding steroid dienone is 1. The van der Waals surface area contributed by atoms with E-state index in [9.17, 15) is 28.5 Å². The molecule has 9 nitrogen and oxygen atoms in total. The first-order valence-electron chi connectivity index (χ1n) is 9.86. The van der Waals surface area contributed by atoms with Crippen LogP contribution in [0.25, 0.3) is 0 Å². The molecule has 2 aliphatic rings. The summed E-state index contributed by atoms with van der Waals surface area (Å²) >= 11 is 5.83. The molecular formula is C21H16ClF3N6O3. The zero-order chi connectivity index (χ0) is 24.6.